The van der Waals surface area contributed by atoms with Crippen LogP contribution < -0.4 is 16.0 Å². The van der Waals surface area contributed by atoms with Crippen LogP contribution in [0.4, 0.5) is 10.5 Å². The molecule has 0 unspecified atom stereocenters. The maximum Gasteiger partial charge on any atom is 0.321 e. The molecule has 1 atom stereocenters. The van der Waals surface area contributed by atoms with Crippen LogP contribution in [0.1, 0.15) is 28.3 Å². The van der Waals surface area contributed by atoms with Gasteiger partial charge in [0.1, 0.15) is 6.04 Å². The largest absolute Gasteiger partial charge is 0.341 e. The highest BCUT2D eigenvalue weighted by Crippen LogP contribution is 2.23. The van der Waals surface area contributed by atoms with Gasteiger partial charge in [-0.1, -0.05) is 48.0 Å². The smallest absolute Gasteiger partial charge is 0.321 e. The number of nitrogens with zero attached hydrogens (tertiary/aromatic N) is 1. The summed E-state index contributed by atoms with van der Waals surface area (Å²) in [4.78, 5) is 38.6. The zero-order chi connectivity index (χ0) is 21.6. The van der Waals surface area contributed by atoms with Gasteiger partial charge in [-0.25, -0.2) is 4.79 Å². The molecule has 29 heavy (non-hydrogen) atoms. The first-order valence-corrected chi connectivity index (χ1v) is 9.38. The Hall–Kier alpha value is -3.19. The van der Waals surface area contributed by atoms with E-state index in [-0.39, 0.29) is 12.5 Å². The molecular formula is C22H28N4O3. The second-order valence-electron chi connectivity index (χ2n) is 7.12. The first kappa shape index (κ1) is 22.1. The summed E-state index contributed by atoms with van der Waals surface area (Å²) < 4.78 is 0. The number of urea groups is 1. The van der Waals surface area contributed by atoms with Crippen molar-refractivity contribution in [2.75, 3.05) is 26.0 Å². The average Bonchev–Trinajstić information content (AvgIpc) is 2.65. The molecule has 0 heterocycles. The molecule has 154 valence electrons. The van der Waals surface area contributed by atoms with Crippen molar-refractivity contribution in [2.45, 2.75) is 26.8 Å². The third-order valence-corrected chi connectivity index (χ3v) is 4.60. The van der Waals surface area contributed by atoms with Gasteiger partial charge in [0.25, 0.3) is 0 Å². The highest BCUT2D eigenvalue weighted by Gasteiger charge is 2.27. The molecule has 0 aromatic heterocycles. The second kappa shape index (κ2) is 9.84. The average molecular weight is 396 g/mol. The number of carbonyl (C=O) groups is 3. The lowest BCUT2D eigenvalue weighted by molar-refractivity contribution is -0.126. The minimum atomic E-state index is -0.792. The van der Waals surface area contributed by atoms with Gasteiger partial charge in [0.05, 0.1) is 6.54 Å². The van der Waals surface area contributed by atoms with Crippen LogP contribution >= 0.6 is 0 Å². The summed E-state index contributed by atoms with van der Waals surface area (Å²) in [5.41, 5.74) is 4.56. The van der Waals surface area contributed by atoms with Crippen LogP contribution in [-0.4, -0.2) is 43.4 Å². The molecule has 0 aliphatic heterocycles. The quantitative estimate of drug-likeness (QED) is 0.700. The van der Waals surface area contributed by atoms with E-state index in [1.54, 1.807) is 24.1 Å². The Morgan fingerprint density at radius 3 is 2.14 bits per heavy atom. The molecular weight excluding hydrogens is 368 g/mol. The van der Waals surface area contributed by atoms with E-state index < -0.39 is 18.0 Å². The van der Waals surface area contributed by atoms with Crippen LogP contribution in [0.2, 0.25) is 0 Å². The van der Waals surface area contributed by atoms with Crippen molar-refractivity contribution < 1.29 is 14.4 Å². The van der Waals surface area contributed by atoms with Gasteiger partial charge < -0.3 is 10.6 Å². The molecule has 0 bridgehead atoms. The Labute approximate surface area is 171 Å². The van der Waals surface area contributed by atoms with Crippen molar-refractivity contribution in [3.05, 3.63) is 64.7 Å². The molecule has 2 aromatic carbocycles. The van der Waals surface area contributed by atoms with Gasteiger partial charge in [0, 0.05) is 12.7 Å². The van der Waals surface area contributed by atoms with E-state index in [9.17, 15) is 14.4 Å². The Bertz CT molecular complexity index is 873. The van der Waals surface area contributed by atoms with Crippen molar-refractivity contribution in [3.63, 3.8) is 0 Å². The standard InChI is InChI=1S/C22H28N4O3/c1-14-11-15(2)19(16(3)12-14)24-18(27)13-26(5)20(17-9-7-6-8-10-17)21(28)25-22(29)23-4/h6-12,20H,13H2,1-5H3,(H,24,27)(H2,23,25,28,29)/t20-/m1/s1. The number of rotatable bonds is 6. The fourth-order valence-corrected chi connectivity index (χ4v) is 3.36. The number of imide groups is 1. The van der Waals surface area contributed by atoms with Gasteiger partial charge in [-0.15, -0.1) is 0 Å². The van der Waals surface area contributed by atoms with Crippen molar-refractivity contribution in [1.29, 1.82) is 0 Å². The minimum Gasteiger partial charge on any atom is -0.341 e. The highest BCUT2D eigenvalue weighted by atomic mass is 16.2. The van der Waals surface area contributed by atoms with Gasteiger partial charge >= 0.3 is 6.03 Å². The van der Waals surface area contributed by atoms with Crippen LogP contribution in [0, 0.1) is 20.8 Å². The Morgan fingerprint density at radius 1 is 1.00 bits per heavy atom. The molecule has 0 saturated heterocycles. The summed E-state index contributed by atoms with van der Waals surface area (Å²) in [5, 5.41) is 7.60. The first-order valence-electron chi connectivity index (χ1n) is 9.38. The van der Waals surface area contributed by atoms with Crippen LogP contribution in [-0.2, 0) is 9.59 Å². The Kier molecular flexibility index (Phi) is 7.50. The lowest BCUT2D eigenvalue weighted by atomic mass is 10.0. The lowest BCUT2D eigenvalue weighted by Gasteiger charge is -2.27. The Morgan fingerprint density at radius 2 is 1.59 bits per heavy atom. The van der Waals surface area contributed by atoms with Crippen molar-refractivity contribution in [3.8, 4) is 0 Å². The monoisotopic (exact) mass is 396 g/mol. The summed E-state index contributed by atoms with van der Waals surface area (Å²) in [6, 6.07) is 11.7. The number of aryl methyl sites for hydroxylation is 3. The van der Waals surface area contributed by atoms with Crippen molar-refractivity contribution in [2.24, 2.45) is 0 Å². The molecule has 7 heteroatoms. The summed E-state index contributed by atoms with van der Waals surface area (Å²) in [5.74, 6) is -0.746. The van der Waals surface area contributed by atoms with Gasteiger partial charge in [0.15, 0.2) is 0 Å². The molecule has 0 spiro atoms. The molecule has 0 radical (unpaired) electrons. The predicted molar refractivity (Wildman–Crippen MR) is 114 cm³/mol. The molecule has 0 aliphatic rings. The SMILES string of the molecule is CNC(=O)NC(=O)[C@@H](c1ccccc1)N(C)CC(=O)Nc1c(C)cc(C)cc1C. The van der Waals surface area contributed by atoms with E-state index in [1.807, 2.05) is 51.1 Å². The first-order chi connectivity index (χ1) is 13.7. The minimum absolute atomic E-state index is 0.0204. The zero-order valence-electron chi connectivity index (χ0n) is 17.5. The third kappa shape index (κ3) is 5.89. The van der Waals surface area contributed by atoms with Crippen LogP contribution in [0.15, 0.2) is 42.5 Å². The van der Waals surface area contributed by atoms with Gasteiger partial charge in [-0.05, 0) is 44.5 Å². The number of nitrogens with one attached hydrogen (secondary N) is 3. The number of amides is 4. The number of carbonyl (C=O) groups excluding carboxylic acids is 3. The van der Waals surface area contributed by atoms with Crippen LogP contribution in [0.5, 0.6) is 0 Å². The predicted octanol–water partition coefficient (Wildman–Crippen LogP) is 2.68. The molecule has 3 N–H and O–H groups in total. The highest BCUT2D eigenvalue weighted by molar-refractivity contribution is 5.98. The fraction of sp³-hybridized carbons (Fsp3) is 0.318. The van der Waals surface area contributed by atoms with E-state index in [2.05, 4.69) is 16.0 Å². The van der Waals surface area contributed by atoms with Crippen LogP contribution in [0.3, 0.4) is 0 Å². The van der Waals surface area contributed by atoms with Gasteiger partial charge in [0.2, 0.25) is 11.8 Å². The molecule has 2 rings (SSSR count). The lowest BCUT2D eigenvalue weighted by Crippen LogP contribution is -2.46. The summed E-state index contributed by atoms with van der Waals surface area (Å²) in [7, 11) is 3.11. The summed E-state index contributed by atoms with van der Waals surface area (Å²) >= 11 is 0. The third-order valence-electron chi connectivity index (χ3n) is 4.60. The molecule has 0 saturated carbocycles. The fourth-order valence-electron chi connectivity index (χ4n) is 3.36. The van der Waals surface area contributed by atoms with Crippen molar-refractivity contribution in [1.82, 2.24) is 15.5 Å². The molecule has 0 aliphatic carbocycles. The second-order valence-corrected chi connectivity index (χ2v) is 7.12. The Balaban J connectivity index is 2.19. The summed E-state index contributed by atoms with van der Waals surface area (Å²) in [6.45, 7) is 5.88. The van der Waals surface area contributed by atoms with Gasteiger partial charge in [-0.3, -0.25) is 19.8 Å². The van der Waals surface area contributed by atoms with E-state index in [0.29, 0.717) is 5.56 Å². The van der Waals surface area contributed by atoms with Crippen LogP contribution in [0.25, 0.3) is 0 Å². The number of likely N-dealkylation sites (N-methyl/N-ethyl adjacent to an activating group) is 1. The van der Waals surface area contributed by atoms with E-state index in [4.69, 9.17) is 0 Å². The van der Waals surface area contributed by atoms with E-state index in [1.165, 1.54) is 7.05 Å². The maximum absolute atomic E-state index is 12.7. The summed E-state index contributed by atoms with van der Waals surface area (Å²) in [6.07, 6.45) is 0. The van der Waals surface area contributed by atoms with Crippen molar-refractivity contribution >= 4 is 23.5 Å². The number of benzene rings is 2. The zero-order valence-corrected chi connectivity index (χ0v) is 17.5. The molecule has 2 aromatic rings. The molecule has 0 fully saturated rings. The topological polar surface area (TPSA) is 90.5 Å². The maximum atomic E-state index is 12.7. The number of anilines is 1. The van der Waals surface area contributed by atoms with Gasteiger partial charge in [-0.2, -0.15) is 0 Å². The number of hydrogen-bond acceptors (Lipinski definition) is 4. The number of hydrogen-bond donors (Lipinski definition) is 3. The molecule has 4 amide bonds. The normalized spacial score (nSPS) is 11.7. The van der Waals surface area contributed by atoms with E-state index in [0.717, 1.165) is 22.4 Å². The van der Waals surface area contributed by atoms with E-state index >= 15 is 0 Å². The molecule has 7 nitrogen and oxygen atoms in total.